The van der Waals surface area contributed by atoms with Gasteiger partial charge in [-0.2, -0.15) is 0 Å². The van der Waals surface area contributed by atoms with Crippen molar-refractivity contribution in [2.75, 3.05) is 25.5 Å². The highest BCUT2D eigenvalue weighted by Gasteiger charge is 2.31. The highest BCUT2D eigenvalue weighted by Crippen LogP contribution is 2.24. The van der Waals surface area contributed by atoms with Crippen LogP contribution in [0.4, 0.5) is 5.69 Å². The summed E-state index contributed by atoms with van der Waals surface area (Å²) < 4.78 is 10.6. The summed E-state index contributed by atoms with van der Waals surface area (Å²) in [7, 11) is 1.52. The van der Waals surface area contributed by atoms with Gasteiger partial charge in [0, 0.05) is 18.7 Å². The van der Waals surface area contributed by atoms with E-state index in [2.05, 4.69) is 5.32 Å². The van der Waals surface area contributed by atoms with Crippen LogP contribution in [-0.4, -0.2) is 49.0 Å². The minimum Gasteiger partial charge on any atom is -0.495 e. The summed E-state index contributed by atoms with van der Waals surface area (Å²) >= 11 is 0. The fraction of sp³-hybridized carbons (Fsp3) is 0.375. The number of benzene rings is 2. The van der Waals surface area contributed by atoms with Crippen molar-refractivity contribution in [3.05, 3.63) is 59.7 Å². The van der Waals surface area contributed by atoms with Crippen LogP contribution in [0.2, 0.25) is 0 Å². The number of rotatable bonds is 6. The number of hydrogen-bond acceptors (Lipinski definition) is 5. The van der Waals surface area contributed by atoms with Gasteiger partial charge in [0.2, 0.25) is 0 Å². The van der Waals surface area contributed by atoms with Crippen molar-refractivity contribution < 1.29 is 23.9 Å². The van der Waals surface area contributed by atoms with E-state index in [-0.39, 0.29) is 11.8 Å². The third-order valence-electron chi connectivity index (χ3n) is 5.52. The molecular formula is C24H28N2O5. The number of amides is 2. The number of ether oxygens (including phenoxy) is 2. The normalized spacial score (nSPS) is 15.1. The molecule has 0 radical (unpaired) electrons. The van der Waals surface area contributed by atoms with Crippen molar-refractivity contribution >= 4 is 23.5 Å². The van der Waals surface area contributed by atoms with Gasteiger partial charge in [0.25, 0.3) is 11.8 Å². The summed E-state index contributed by atoms with van der Waals surface area (Å²) in [5.41, 5.74) is 2.13. The number of methoxy groups -OCH3 is 1. The molecule has 3 rings (SSSR count). The van der Waals surface area contributed by atoms with Gasteiger partial charge in [-0.3, -0.25) is 14.4 Å². The number of esters is 1. The summed E-state index contributed by atoms with van der Waals surface area (Å²) in [4.78, 5) is 39.5. The number of anilines is 1. The Balaban J connectivity index is 1.51. The van der Waals surface area contributed by atoms with Gasteiger partial charge < -0.3 is 19.7 Å². The largest absolute Gasteiger partial charge is 0.495 e. The van der Waals surface area contributed by atoms with Crippen molar-refractivity contribution in [1.29, 1.82) is 0 Å². The van der Waals surface area contributed by atoms with Crippen molar-refractivity contribution in [2.45, 2.75) is 32.8 Å². The topological polar surface area (TPSA) is 84.9 Å². The number of nitrogens with one attached hydrogen (secondary N) is 1. The number of aryl methyl sites for hydroxylation is 1. The quantitative estimate of drug-likeness (QED) is 0.718. The van der Waals surface area contributed by atoms with Gasteiger partial charge >= 0.3 is 5.97 Å². The molecule has 1 aliphatic heterocycles. The molecule has 2 amide bonds. The van der Waals surface area contributed by atoms with E-state index in [9.17, 15) is 14.4 Å². The van der Waals surface area contributed by atoms with Crippen LogP contribution in [0.25, 0.3) is 0 Å². The predicted octanol–water partition coefficient (Wildman–Crippen LogP) is 3.43. The van der Waals surface area contributed by atoms with Gasteiger partial charge in [0.05, 0.1) is 18.7 Å². The lowest BCUT2D eigenvalue weighted by Gasteiger charge is -2.31. The molecule has 1 saturated heterocycles. The standard InChI is InChI=1S/C24H28N2O5/c1-16-8-4-5-9-19(16)23(28)26-14-12-18(13-15-26)24(29)31-17(2)22(27)25-20-10-6-7-11-21(20)30-3/h4-11,17-18H,12-15H2,1-3H3,(H,25,27)/t17-/m1/s1. The summed E-state index contributed by atoms with van der Waals surface area (Å²) in [5.74, 6) is -0.660. The summed E-state index contributed by atoms with van der Waals surface area (Å²) in [5, 5.41) is 2.72. The highest BCUT2D eigenvalue weighted by molar-refractivity contribution is 5.97. The number of carbonyl (C=O) groups is 3. The first-order valence-corrected chi connectivity index (χ1v) is 10.4. The van der Waals surface area contributed by atoms with Gasteiger partial charge in [-0.05, 0) is 50.5 Å². The van der Waals surface area contributed by atoms with Gasteiger partial charge in [0.15, 0.2) is 6.10 Å². The van der Waals surface area contributed by atoms with E-state index in [1.165, 1.54) is 7.11 Å². The van der Waals surface area contributed by atoms with Crippen LogP contribution >= 0.6 is 0 Å². The number of likely N-dealkylation sites (tertiary alicyclic amines) is 1. The van der Waals surface area contributed by atoms with Gasteiger partial charge in [0.1, 0.15) is 5.75 Å². The molecule has 0 bridgehead atoms. The molecule has 31 heavy (non-hydrogen) atoms. The maximum Gasteiger partial charge on any atom is 0.309 e. The fourth-order valence-electron chi connectivity index (χ4n) is 3.61. The van der Waals surface area contributed by atoms with Crippen LogP contribution < -0.4 is 10.1 Å². The Labute approximate surface area is 182 Å². The zero-order valence-corrected chi connectivity index (χ0v) is 18.1. The lowest BCUT2D eigenvalue weighted by atomic mass is 9.96. The van der Waals surface area contributed by atoms with Gasteiger partial charge in [-0.15, -0.1) is 0 Å². The molecule has 1 aliphatic rings. The number of para-hydroxylation sites is 2. The molecule has 0 saturated carbocycles. The second-order valence-corrected chi connectivity index (χ2v) is 7.65. The first kappa shape index (κ1) is 22.3. The summed E-state index contributed by atoms with van der Waals surface area (Å²) in [6.45, 7) is 4.41. The Hall–Kier alpha value is -3.35. The van der Waals surface area contributed by atoms with E-state index in [0.29, 0.717) is 42.9 Å². The second kappa shape index (κ2) is 10.1. The fourth-order valence-corrected chi connectivity index (χ4v) is 3.61. The molecule has 0 aliphatic carbocycles. The maximum atomic E-state index is 12.7. The molecule has 1 heterocycles. The van der Waals surface area contributed by atoms with Crippen molar-refractivity contribution in [3.63, 3.8) is 0 Å². The van der Waals surface area contributed by atoms with E-state index >= 15 is 0 Å². The SMILES string of the molecule is COc1ccccc1NC(=O)[C@@H](C)OC(=O)C1CCN(C(=O)c2ccccc2C)CC1. The lowest BCUT2D eigenvalue weighted by molar-refractivity contribution is -0.158. The van der Waals surface area contributed by atoms with E-state index in [1.54, 1.807) is 36.1 Å². The molecule has 1 atom stereocenters. The Bertz CT molecular complexity index is 950. The van der Waals surface area contributed by atoms with Crippen LogP contribution in [0.15, 0.2) is 48.5 Å². The molecule has 1 fully saturated rings. The predicted molar refractivity (Wildman–Crippen MR) is 117 cm³/mol. The van der Waals surface area contributed by atoms with Crippen LogP contribution in [0.5, 0.6) is 5.75 Å². The third-order valence-corrected chi connectivity index (χ3v) is 5.52. The second-order valence-electron chi connectivity index (χ2n) is 7.65. The Morgan fingerprint density at radius 2 is 1.68 bits per heavy atom. The van der Waals surface area contributed by atoms with Crippen LogP contribution in [0, 0.1) is 12.8 Å². The Morgan fingerprint density at radius 3 is 2.35 bits per heavy atom. The smallest absolute Gasteiger partial charge is 0.309 e. The van der Waals surface area contributed by atoms with Crippen LogP contribution in [0.1, 0.15) is 35.7 Å². The van der Waals surface area contributed by atoms with E-state index in [1.807, 2.05) is 31.2 Å². The first-order valence-electron chi connectivity index (χ1n) is 10.4. The molecule has 0 aromatic heterocycles. The molecule has 7 heteroatoms. The minimum atomic E-state index is -0.941. The number of piperidine rings is 1. The van der Waals surface area contributed by atoms with Gasteiger partial charge in [-0.25, -0.2) is 0 Å². The van der Waals surface area contributed by atoms with Crippen molar-refractivity contribution in [1.82, 2.24) is 4.90 Å². The van der Waals surface area contributed by atoms with Crippen molar-refractivity contribution in [3.8, 4) is 5.75 Å². The Kier molecular flexibility index (Phi) is 7.28. The molecular weight excluding hydrogens is 396 g/mol. The zero-order chi connectivity index (χ0) is 22.4. The molecule has 0 spiro atoms. The highest BCUT2D eigenvalue weighted by atomic mass is 16.5. The van der Waals surface area contributed by atoms with Crippen LogP contribution in [0.3, 0.4) is 0 Å². The van der Waals surface area contributed by atoms with Crippen molar-refractivity contribution in [2.24, 2.45) is 5.92 Å². The van der Waals surface area contributed by atoms with Gasteiger partial charge in [-0.1, -0.05) is 30.3 Å². The number of nitrogens with zero attached hydrogens (tertiary/aromatic N) is 1. The van der Waals surface area contributed by atoms with E-state index in [0.717, 1.165) is 5.56 Å². The zero-order valence-electron chi connectivity index (χ0n) is 18.1. The number of hydrogen-bond donors (Lipinski definition) is 1. The number of carbonyl (C=O) groups excluding carboxylic acids is 3. The van der Waals surface area contributed by atoms with E-state index in [4.69, 9.17) is 9.47 Å². The first-order chi connectivity index (χ1) is 14.9. The van der Waals surface area contributed by atoms with Crippen LogP contribution in [-0.2, 0) is 14.3 Å². The summed E-state index contributed by atoms with van der Waals surface area (Å²) in [6, 6.07) is 14.5. The average molecular weight is 424 g/mol. The summed E-state index contributed by atoms with van der Waals surface area (Å²) in [6.07, 6.45) is 0.0817. The molecule has 1 N–H and O–H groups in total. The monoisotopic (exact) mass is 424 g/mol. The molecule has 164 valence electrons. The minimum absolute atomic E-state index is 0.0190. The lowest BCUT2D eigenvalue weighted by Crippen LogP contribution is -2.42. The molecule has 0 unspecified atom stereocenters. The molecule has 7 nitrogen and oxygen atoms in total. The van der Waals surface area contributed by atoms with E-state index < -0.39 is 18.0 Å². The average Bonchev–Trinajstić information content (AvgIpc) is 2.79. The molecule has 2 aromatic carbocycles. The Morgan fingerprint density at radius 1 is 1.03 bits per heavy atom. The third kappa shape index (κ3) is 5.42. The molecule has 2 aromatic rings. The maximum absolute atomic E-state index is 12.7.